The van der Waals surface area contributed by atoms with Gasteiger partial charge in [0.05, 0.1) is 39.1 Å². The molecule has 0 aliphatic rings. The minimum absolute atomic E-state index is 0. The van der Waals surface area contributed by atoms with Crippen LogP contribution in [-0.2, 0) is 13.8 Å². The van der Waals surface area contributed by atoms with Crippen LogP contribution in [0.5, 0.6) is 0 Å². The van der Waals surface area contributed by atoms with Gasteiger partial charge in [0.1, 0.15) is 0 Å². The van der Waals surface area contributed by atoms with Crippen molar-refractivity contribution in [1.29, 1.82) is 0 Å². The predicted molar refractivity (Wildman–Crippen MR) is 107 cm³/mol. The van der Waals surface area contributed by atoms with Crippen molar-refractivity contribution in [3.05, 3.63) is 0 Å². The summed E-state index contributed by atoms with van der Waals surface area (Å²) in [4.78, 5) is 0. The molecule has 0 aliphatic carbocycles. The topological polar surface area (TPSA) is 148 Å². The molecule has 0 aromatic heterocycles. The van der Waals surface area contributed by atoms with Gasteiger partial charge in [-0.25, -0.2) is 0 Å². The molecule has 0 fully saturated rings. The van der Waals surface area contributed by atoms with Gasteiger partial charge in [-0.05, 0) is 6.92 Å². The van der Waals surface area contributed by atoms with Crippen molar-refractivity contribution in [2.45, 2.75) is 42.7 Å². The minimum Gasteiger partial charge on any atom is -0.395 e. The molecular weight excluding hydrogens is 335 g/mol. The molecule has 0 aliphatic heterocycles. The quantitative estimate of drug-likeness (QED) is 0.312. The van der Waals surface area contributed by atoms with Gasteiger partial charge in [0.25, 0.3) is 0 Å². The molecule has 158 valence electrons. The Bertz CT molecular complexity index is 210. The normalized spacial score (nSPS) is 9.83. The predicted octanol–water partition coefficient (Wildman–Crippen LogP) is 1.36. The Labute approximate surface area is 151 Å². The van der Waals surface area contributed by atoms with Crippen molar-refractivity contribution in [2.24, 2.45) is 11.5 Å². The molecule has 1 atom stereocenters. The molecule has 0 saturated heterocycles. The maximum atomic E-state index is 11.1. The van der Waals surface area contributed by atoms with E-state index < -0.39 is 7.37 Å². The first kappa shape index (κ1) is 43.9. The molecule has 1 unspecified atom stereocenters. The van der Waals surface area contributed by atoms with Crippen LogP contribution in [0, 0.1) is 0 Å². The van der Waals surface area contributed by atoms with Gasteiger partial charge in [-0.1, -0.05) is 29.7 Å². The fourth-order valence-corrected chi connectivity index (χ4v) is 1.71. The molecule has 7 N–H and O–H groups in total. The number of rotatable bonds is 8. The van der Waals surface area contributed by atoms with Gasteiger partial charge in [-0.15, -0.1) is 0 Å². The van der Waals surface area contributed by atoms with Crippen molar-refractivity contribution >= 4 is 7.37 Å². The van der Waals surface area contributed by atoms with Crippen LogP contribution in [0.2, 0.25) is 0 Å². The molecule has 0 heterocycles. The highest BCUT2D eigenvalue weighted by atomic mass is 31.2. The maximum absolute atomic E-state index is 11.1. The zero-order chi connectivity index (χ0) is 16.4. The highest BCUT2D eigenvalue weighted by Crippen LogP contribution is 2.38. The highest BCUT2D eigenvalue weighted by Gasteiger charge is 2.12. The average molecular weight is 383 g/mol. The van der Waals surface area contributed by atoms with Gasteiger partial charge in [0.15, 0.2) is 7.37 Å². The number of aliphatic hydroxyl groups excluding tert-OH is 3. The van der Waals surface area contributed by atoms with Gasteiger partial charge >= 0.3 is 0 Å². The van der Waals surface area contributed by atoms with Crippen molar-refractivity contribution < 1.29 is 29.1 Å². The third-order valence-corrected chi connectivity index (χ3v) is 2.15. The maximum Gasteiger partial charge on any atom is 0.197 e. The van der Waals surface area contributed by atoms with E-state index in [9.17, 15) is 4.57 Å². The Kier molecular flexibility index (Phi) is 62.8. The molecule has 0 aromatic carbocycles. The van der Waals surface area contributed by atoms with E-state index in [-0.39, 0.29) is 55.6 Å². The van der Waals surface area contributed by atoms with Crippen molar-refractivity contribution in [3.8, 4) is 0 Å². The average Bonchev–Trinajstić information content (AvgIpc) is 2.37. The summed E-state index contributed by atoms with van der Waals surface area (Å²) < 4.78 is 21.3. The van der Waals surface area contributed by atoms with Crippen molar-refractivity contribution in [2.75, 3.05) is 59.5 Å². The minimum atomic E-state index is -2.41. The SMILES string of the molecule is C.C.C.C.CC(COCCO)OP(C)(C)=O.NCCO.NCCO. The second-order valence-electron chi connectivity index (χ2n) is 3.99. The third-order valence-electron chi connectivity index (χ3n) is 1.28. The zero-order valence-electron chi connectivity index (χ0n) is 12.7. The van der Waals surface area contributed by atoms with Gasteiger partial charge in [-0.3, -0.25) is 4.57 Å². The van der Waals surface area contributed by atoms with Crippen LogP contribution in [0.4, 0.5) is 0 Å². The second-order valence-corrected chi connectivity index (χ2v) is 6.71. The molecule has 9 heteroatoms. The summed E-state index contributed by atoms with van der Waals surface area (Å²) in [6, 6.07) is 0. The van der Waals surface area contributed by atoms with Crippen molar-refractivity contribution in [1.82, 2.24) is 0 Å². The highest BCUT2D eigenvalue weighted by molar-refractivity contribution is 7.57. The van der Waals surface area contributed by atoms with Gasteiger partial charge in [0, 0.05) is 26.4 Å². The lowest BCUT2D eigenvalue weighted by molar-refractivity contribution is 0.0408. The summed E-state index contributed by atoms with van der Waals surface area (Å²) in [5, 5.41) is 23.9. The zero-order valence-corrected chi connectivity index (χ0v) is 13.6. The smallest absolute Gasteiger partial charge is 0.197 e. The Hall–Kier alpha value is -0.0500. The lowest BCUT2D eigenvalue weighted by Crippen LogP contribution is -2.15. The van der Waals surface area contributed by atoms with E-state index >= 15 is 0 Å². The molecule has 0 spiro atoms. The van der Waals surface area contributed by atoms with Crippen LogP contribution in [0.1, 0.15) is 36.6 Å². The Balaban J connectivity index is -0.0000000414. The number of hydrogen-bond acceptors (Lipinski definition) is 8. The molecule has 0 saturated carbocycles. The molecule has 0 radical (unpaired) electrons. The van der Waals surface area contributed by atoms with Crippen LogP contribution < -0.4 is 11.5 Å². The van der Waals surface area contributed by atoms with Crippen LogP contribution in [0.3, 0.4) is 0 Å². The van der Waals surface area contributed by atoms with E-state index in [1.807, 2.05) is 0 Å². The Morgan fingerprint density at radius 1 is 0.917 bits per heavy atom. The molecule has 8 nitrogen and oxygen atoms in total. The van der Waals surface area contributed by atoms with Gasteiger partial charge in [-0.2, -0.15) is 0 Å². The first-order valence-corrected chi connectivity index (χ1v) is 8.84. The van der Waals surface area contributed by atoms with Gasteiger partial charge in [0.2, 0.25) is 0 Å². The largest absolute Gasteiger partial charge is 0.395 e. The summed E-state index contributed by atoms with van der Waals surface area (Å²) in [6.45, 7) is 6.53. The van der Waals surface area contributed by atoms with E-state index in [0.29, 0.717) is 26.3 Å². The fourth-order valence-electron chi connectivity index (χ4n) is 0.778. The monoisotopic (exact) mass is 382 g/mol. The summed E-state index contributed by atoms with van der Waals surface area (Å²) in [6.07, 6.45) is -0.183. The lowest BCUT2D eigenvalue weighted by Gasteiger charge is -2.15. The number of hydrogen-bond donors (Lipinski definition) is 5. The number of ether oxygens (including phenoxy) is 1. The van der Waals surface area contributed by atoms with E-state index in [4.69, 9.17) is 36.0 Å². The van der Waals surface area contributed by atoms with Crippen molar-refractivity contribution in [3.63, 3.8) is 0 Å². The van der Waals surface area contributed by atoms with Gasteiger partial charge < -0.3 is 36.0 Å². The summed E-state index contributed by atoms with van der Waals surface area (Å²) in [5.41, 5.74) is 9.56. The Morgan fingerprint density at radius 3 is 1.46 bits per heavy atom. The van der Waals surface area contributed by atoms with Crippen LogP contribution in [0.15, 0.2) is 0 Å². The van der Waals surface area contributed by atoms with E-state index in [2.05, 4.69) is 0 Å². The second kappa shape index (κ2) is 34.3. The fraction of sp³-hybridized carbons (Fsp3) is 1.00. The summed E-state index contributed by atoms with van der Waals surface area (Å²) in [7, 11) is -2.41. The standard InChI is InChI=1S/C7H17O4P.2C2H7NO.4CH4/c1-7(6-10-5-4-8)11-12(2,3)9;2*3-1-2-4;;;;/h7-8H,4-6H2,1-3H3;2*4H,1-3H2;4*1H4. The molecule has 0 aromatic rings. The van der Waals surface area contributed by atoms with Crippen LogP contribution in [0.25, 0.3) is 0 Å². The van der Waals surface area contributed by atoms with Crippen LogP contribution in [-0.4, -0.2) is 80.9 Å². The summed E-state index contributed by atoms with van der Waals surface area (Å²) in [5.74, 6) is 0. The van der Waals surface area contributed by atoms with E-state index in [1.54, 1.807) is 20.3 Å². The number of aliphatic hydroxyl groups is 3. The summed E-state index contributed by atoms with van der Waals surface area (Å²) >= 11 is 0. The molecule has 24 heavy (non-hydrogen) atoms. The first-order valence-electron chi connectivity index (χ1n) is 6.32. The Morgan fingerprint density at radius 2 is 1.25 bits per heavy atom. The third kappa shape index (κ3) is 67.5. The number of nitrogens with two attached hydrogens (primary N) is 2. The molecular formula is C15H47N2O6P. The molecule has 0 amide bonds. The lowest BCUT2D eigenvalue weighted by atomic mass is 10.4. The van der Waals surface area contributed by atoms with E-state index in [1.165, 1.54) is 0 Å². The van der Waals surface area contributed by atoms with Crippen LogP contribution >= 0.6 is 7.37 Å². The molecule has 0 rings (SSSR count). The van der Waals surface area contributed by atoms with E-state index in [0.717, 1.165) is 0 Å². The first-order chi connectivity index (χ1) is 9.28. The molecule has 0 bridgehead atoms.